The van der Waals surface area contributed by atoms with Gasteiger partial charge in [-0.3, -0.25) is 9.89 Å². The number of anilines is 1. The molecule has 0 bridgehead atoms. The highest BCUT2D eigenvalue weighted by Crippen LogP contribution is 2.23. The number of aromatic amines is 1. The molecule has 0 aliphatic rings. The van der Waals surface area contributed by atoms with E-state index in [0.717, 1.165) is 29.2 Å². The zero-order chi connectivity index (χ0) is 20.1. The number of benzene rings is 2. The average Bonchev–Trinajstić information content (AvgIpc) is 3.15. The molecule has 1 aromatic heterocycles. The summed E-state index contributed by atoms with van der Waals surface area (Å²) in [7, 11) is 3.23. The van der Waals surface area contributed by atoms with Gasteiger partial charge in [0.25, 0.3) is 5.91 Å². The molecule has 0 fully saturated rings. The van der Waals surface area contributed by atoms with Crippen molar-refractivity contribution in [3.8, 4) is 11.5 Å². The molecule has 28 heavy (non-hydrogen) atoms. The average molecular weight is 383 g/mol. The Bertz CT molecular complexity index is 963. The summed E-state index contributed by atoms with van der Waals surface area (Å²) in [5.74, 6) is 1.04. The van der Waals surface area contributed by atoms with Crippen molar-refractivity contribution in [3.05, 3.63) is 70.7 Å². The second kappa shape index (κ2) is 8.56. The van der Waals surface area contributed by atoms with Gasteiger partial charge in [0.05, 0.1) is 14.2 Å². The van der Waals surface area contributed by atoms with E-state index >= 15 is 0 Å². The highest BCUT2D eigenvalue weighted by molar-refractivity contribution is 6.03. The molecule has 1 amide bonds. The number of H-pyrrole nitrogens is 1. The Labute approximate surface area is 162 Å². The van der Waals surface area contributed by atoms with Gasteiger partial charge in [-0.2, -0.15) is 5.10 Å². The lowest BCUT2D eigenvalue weighted by molar-refractivity contribution is 0.102. The first-order valence-corrected chi connectivity index (χ1v) is 8.82. The van der Waals surface area contributed by atoms with E-state index in [1.165, 1.54) is 6.07 Å². The minimum atomic E-state index is -0.413. The lowest BCUT2D eigenvalue weighted by atomic mass is 10.1. The number of methoxy groups -OCH3 is 2. The van der Waals surface area contributed by atoms with Crippen molar-refractivity contribution in [3.63, 3.8) is 0 Å². The smallest absolute Gasteiger partial charge is 0.256 e. The molecular formula is C21H22FN3O3. The summed E-state index contributed by atoms with van der Waals surface area (Å²) >= 11 is 0. The minimum Gasteiger partial charge on any atom is -0.497 e. The van der Waals surface area contributed by atoms with Crippen LogP contribution in [-0.4, -0.2) is 30.3 Å². The lowest BCUT2D eigenvalue weighted by Gasteiger charge is -2.08. The molecule has 0 aliphatic heterocycles. The van der Waals surface area contributed by atoms with Gasteiger partial charge in [-0.25, -0.2) is 4.39 Å². The second-order valence-corrected chi connectivity index (χ2v) is 6.42. The third-order valence-corrected chi connectivity index (χ3v) is 4.40. The van der Waals surface area contributed by atoms with Crippen LogP contribution in [0, 0.1) is 12.7 Å². The number of aryl methyl sites for hydroxylation is 3. The van der Waals surface area contributed by atoms with Crippen LogP contribution in [0.1, 0.15) is 27.2 Å². The summed E-state index contributed by atoms with van der Waals surface area (Å²) in [6.07, 6.45) is 1.44. The van der Waals surface area contributed by atoms with E-state index in [4.69, 9.17) is 9.47 Å². The van der Waals surface area contributed by atoms with Crippen molar-refractivity contribution in [2.45, 2.75) is 19.8 Å². The first-order valence-electron chi connectivity index (χ1n) is 8.82. The number of nitrogens with one attached hydrogen (secondary N) is 2. The fourth-order valence-electron chi connectivity index (χ4n) is 2.77. The summed E-state index contributed by atoms with van der Waals surface area (Å²) in [5.41, 5.74) is 2.67. The molecule has 6 nitrogen and oxygen atoms in total. The highest BCUT2D eigenvalue weighted by atomic mass is 19.1. The molecular weight excluding hydrogens is 361 g/mol. The van der Waals surface area contributed by atoms with Crippen molar-refractivity contribution in [1.82, 2.24) is 10.2 Å². The first-order chi connectivity index (χ1) is 13.5. The van der Waals surface area contributed by atoms with Crippen LogP contribution in [0.15, 0.2) is 42.5 Å². The standard InChI is InChI=1S/C21H22FN3O3/c1-13-4-6-15(10-19(13)22)21(26)23-20-11-16(24-25-20)7-5-14-8-17(27-2)12-18(9-14)28-3/h4,6,8-12H,5,7H2,1-3H3,(H2,23,24,25,26). The number of hydrogen-bond donors (Lipinski definition) is 2. The number of halogens is 1. The predicted molar refractivity (Wildman–Crippen MR) is 105 cm³/mol. The lowest BCUT2D eigenvalue weighted by Crippen LogP contribution is -2.12. The number of carbonyl (C=O) groups excluding carboxylic acids is 1. The van der Waals surface area contributed by atoms with Gasteiger partial charge < -0.3 is 14.8 Å². The Balaban J connectivity index is 1.62. The van der Waals surface area contributed by atoms with Gasteiger partial charge in [-0.15, -0.1) is 0 Å². The first kappa shape index (κ1) is 19.4. The maximum atomic E-state index is 13.6. The molecule has 0 saturated heterocycles. The van der Waals surface area contributed by atoms with Gasteiger partial charge in [0.1, 0.15) is 17.3 Å². The summed E-state index contributed by atoms with van der Waals surface area (Å²) in [6, 6.07) is 11.9. The Hall–Kier alpha value is -3.35. The largest absolute Gasteiger partial charge is 0.497 e. The molecule has 1 heterocycles. The monoisotopic (exact) mass is 383 g/mol. The molecule has 2 N–H and O–H groups in total. The third kappa shape index (κ3) is 4.68. The SMILES string of the molecule is COc1cc(CCc2cc(NC(=O)c3ccc(C)c(F)c3)n[nH]2)cc(OC)c1. The molecule has 0 atom stereocenters. The summed E-state index contributed by atoms with van der Waals surface area (Å²) in [5, 5.41) is 9.68. The van der Waals surface area contributed by atoms with Crippen LogP contribution >= 0.6 is 0 Å². The predicted octanol–water partition coefficient (Wildman–Crippen LogP) is 3.91. The summed E-state index contributed by atoms with van der Waals surface area (Å²) in [6.45, 7) is 1.65. The molecule has 0 unspecified atom stereocenters. The Morgan fingerprint density at radius 3 is 2.43 bits per heavy atom. The van der Waals surface area contributed by atoms with Crippen molar-refractivity contribution >= 4 is 11.7 Å². The van der Waals surface area contributed by atoms with E-state index in [0.29, 0.717) is 17.8 Å². The van der Waals surface area contributed by atoms with Crippen LogP contribution in [0.4, 0.5) is 10.2 Å². The van der Waals surface area contributed by atoms with Crippen molar-refractivity contribution < 1.29 is 18.7 Å². The van der Waals surface area contributed by atoms with E-state index in [1.54, 1.807) is 39.3 Å². The third-order valence-electron chi connectivity index (χ3n) is 4.40. The van der Waals surface area contributed by atoms with Gasteiger partial charge in [0.2, 0.25) is 0 Å². The fraction of sp³-hybridized carbons (Fsp3) is 0.238. The summed E-state index contributed by atoms with van der Waals surface area (Å²) in [4.78, 5) is 12.2. The second-order valence-electron chi connectivity index (χ2n) is 6.42. The molecule has 3 aromatic rings. The van der Waals surface area contributed by atoms with Crippen molar-refractivity contribution in [2.24, 2.45) is 0 Å². The van der Waals surface area contributed by atoms with E-state index in [2.05, 4.69) is 15.5 Å². The maximum absolute atomic E-state index is 13.6. The van der Waals surface area contributed by atoms with Crippen LogP contribution in [0.5, 0.6) is 11.5 Å². The highest BCUT2D eigenvalue weighted by Gasteiger charge is 2.11. The van der Waals surface area contributed by atoms with E-state index in [-0.39, 0.29) is 5.56 Å². The van der Waals surface area contributed by atoms with Gasteiger partial charge in [0.15, 0.2) is 5.82 Å². The molecule has 0 saturated carbocycles. The number of rotatable bonds is 7. The topological polar surface area (TPSA) is 76.2 Å². The van der Waals surface area contributed by atoms with Crippen LogP contribution < -0.4 is 14.8 Å². The van der Waals surface area contributed by atoms with Gasteiger partial charge >= 0.3 is 0 Å². The molecule has 146 valence electrons. The number of nitrogens with zero attached hydrogens (tertiary/aromatic N) is 1. The summed E-state index contributed by atoms with van der Waals surface area (Å²) < 4.78 is 24.2. The maximum Gasteiger partial charge on any atom is 0.256 e. The molecule has 0 spiro atoms. The van der Waals surface area contributed by atoms with Gasteiger partial charge in [0, 0.05) is 23.4 Å². The number of ether oxygens (including phenoxy) is 2. The Morgan fingerprint density at radius 1 is 1.07 bits per heavy atom. The molecule has 0 aliphatic carbocycles. The van der Waals surface area contributed by atoms with Crippen LogP contribution in [0.25, 0.3) is 0 Å². The zero-order valence-electron chi connectivity index (χ0n) is 16.0. The molecule has 0 radical (unpaired) electrons. The van der Waals surface area contributed by atoms with E-state index in [9.17, 15) is 9.18 Å². The van der Waals surface area contributed by atoms with E-state index in [1.807, 2.05) is 18.2 Å². The Kier molecular flexibility index (Phi) is 5.93. The van der Waals surface area contributed by atoms with Gasteiger partial charge in [-0.05, 0) is 55.2 Å². The quantitative estimate of drug-likeness (QED) is 0.649. The van der Waals surface area contributed by atoms with Crippen LogP contribution in [-0.2, 0) is 12.8 Å². The van der Waals surface area contributed by atoms with Crippen LogP contribution in [0.2, 0.25) is 0 Å². The van der Waals surface area contributed by atoms with E-state index < -0.39 is 11.7 Å². The van der Waals surface area contributed by atoms with Gasteiger partial charge in [-0.1, -0.05) is 6.07 Å². The molecule has 2 aromatic carbocycles. The normalized spacial score (nSPS) is 10.6. The molecule has 3 rings (SSSR count). The number of amides is 1. The minimum absolute atomic E-state index is 0.246. The number of hydrogen-bond acceptors (Lipinski definition) is 4. The Morgan fingerprint density at radius 2 is 1.79 bits per heavy atom. The number of aromatic nitrogens is 2. The van der Waals surface area contributed by atoms with Crippen molar-refractivity contribution in [2.75, 3.05) is 19.5 Å². The van der Waals surface area contributed by atoms with Crippen LogP contribution in [0.3, 0.4) is 0 Å². The number of carbonyl (C=O) groups is 1. The zero-order valence-corrected chi connectivity index (χ0v) is 16.0. The molecule has 7 heteroatoms. The van der Waals surface area contributed by atoms with Crippen molar-refractivity contribution in [1.29, 1.82) is 0 Å². The fourth-order valence-corrected chi connectivity index (χ4v) is 2.77.